The van der Waals surface area contributed by atoms with Crippen LogP contribution in [0.25, 0.3) is 26.0 Å². The third kappa shape index (κ3) is 3.57. The van der Waals surface area contributed by atoms with Gasteiger partial charge in [0.25, 0.3) is 0 Å². The third-order valence-corrected chi connectivity index (χ3v) is 10.1. The zero-order chi connectivity index (χ0) is 28.6. The number of hydrogen-bond donors (Lipinski definition) is 0. The molecule has 4 heterocycles. The molecule has 8 rings (SSSR count). The number of Topliss-reactive ketones (excluding diaryl/α,β-unsaturated/α-hetero) is 2. The monoisotopic (exact) mass is 583 g/mol. The average molecular weight is 584 g/mol. The maximum Gasteiger partial charge on any atom is 0.217 e. The predicted molar refractivity (Wildman–Crippen MR) is 166 cm³/mol. The van der Waals surface area contributed by atoms with Gasteiger partial charge in [-0.15, -0.1) is 22.7 Å². The van der Waals surface area contributed by atoms with Crippen molar-refractivity contribution >= 4 is 66.9 Å². The van der Waals surface area contributed by atoms with Crippen molar-refractivity contribution in [3.8, 4) is 10.6 Å². The summed E-state index contributed by atoms with van der Waals surface area (Å²) in [4.78, 5) is 48.3. The van der Waals surface area contributed by atoms with Crippen LogP contribution in [0.5, 0.6) is 0 Å². The van der Waals surface area contributed by atoms with E-state index in [0.717, 1.165) is 47.7 Å². The Morgan fingerprint density at radius 1 is 0.786 bits per heavy atom. The fraction of sp³-hybridized carbons (Fsp3) is 0.0909. The predicted octanol–water partition coefficient (Wildman–Crippen LogP) is 7.78. The van der Waals surface area contributed by atoms with E-state index in [1.165, 1.54) is 18.0 Å². The molecule has 4 aromatic heterocycles. The summed E-state index contributed by atoms with van der Waals surface area (Å²) < 4.78 is 2.23. The van der Waals surface area contributed by atoms with E-state index < -0.39 is 5.41 Å². The van der Waals surface area contributed by atoms with Gasteiger partial charge >= 0.3 is 0 Å². The Balaban J connectivity index is 1.21. The van der Waals surface area contributed by atoms with Gasteiger partial charge in [0.2, 0.25) is 11.6 Å². The SMILES string of the molecule is CC1(C)c2nc(N(c3ccccc3)c3ccccc3)cnc2-c2sc3cc(C=C4C(=O)c5nccnc5C4=O)sc3c21. The van der Waals surface area contributed by atoms with Crippen LogP contribution in [0.1, 0.15) is 51.0 Å². The number of para-hydroxylation sites is 2. The summed E-state index contributed by atoms with van der Waals surface area (Å²) in [7, 11) is 0. The minimum atomic E-state index is -0.399. The lowest BCUT2D eigenvalue weighted by Gasteiger charge is -2.26. The number of hydrogen-bond acceptors (Lipinski definition) is 9. The minimum absolute atomic E-state index is 0.110. The molecule has 202 valence electrons. The molecule has 42 heavy (non-hydrogen) atoms. The second-order valence-electron chi connectivity index (χ2n) is 10.7. The first-order valence-corrected chi connectivity index (χ1v) is 15.0. The van der Waals surface area contributed by atoms with E-state index in [2.05, 4.69) is 53.0 Å². The Labute approximate surface area is 248 Å². The molecule has 0 atom stereocenters. The van der Waals surface area contributed by atoms with E-state index in [1.807, 2.05) is 48.7 Å². The second kappa shape index (κ2) is 9.07. The van der Waals surface area contributed by atoms with Gasteiger partial charge in [-0.3, -0.25) is 14.5 Å². The Morgan fingerprint density at radius 2 is 1.40 bits per heavy atom. The van der Waals surface area contributed by atoms with Crippen LogP contribution >= 0.6 is 22.7 Å². The maximum absolute atomic E-state index is 12.9. The fourth-order valence-electron chi connectivity index (χ4n) is 5.79. The normalized spacial score (nSPS) is 14.7. The second-order valence-corrected chi connectivity index (χ2v) is 12.8. The number of nitrogens with zero attached hydrogens (tertiary/aromatic N) is 5. The lowest BCUT2D eigenvalue weighted by Crippen LogP contribution is -2.19. The zero-order valence-electron chi connectivity index (χ0n) is 22.5. The van der Waals surface area contributed by atoms with E-state index in [0.29, 0.717) is 0 Å². The van der Waals surface area contributed by atoms with Crippen molar-refractivity contribution < 1.29 is 9.59 Å². The number of anilines is 3. The first-order chi connectivity index (χ1) is 20.4. The van der Waals surface area contributed by atoms with Gasteiger partial charge in [0.05, 0.1) is 27.0 Å². The van der Waals surface area contributed by atoms with E-state index in [-0.39, 0.29) is 28.5 Å². The molecule has 0 amide bonds. The molecule has 0 spiro atoms. The van der Waals surface area contributed by atoms with Crippen molar-refractivity contribution in [3.05, 3.63) is 118 Å². The molecule has 0 saturated carbocycles. The average Bonchev–Trinajstić information content (AvgIpc) is 3.69. The zero-order valence-corrected chi connectivity index (χ0v) is 24.2. The lowest BCUT2D eigenvalue weighted by atomic mass is 9.86. The van der Waals surface area contributed by atoms with Gasteiger partial charge in [-0.1, -0.05) is 36.4 Å². The van der Waals surface area contributed by atoms with Crippen LogP contribution < -0.4 is 4.90 Å². The quantitative estimate of drug-likeness (QED) is 0.155. The van der Waals surface area contributed by atoms with Gasteiger partial charge in [0, 0.05) is 44.3 Å². The lowest BCUT2D eigenvalue weighted by molar-refractivity contribution is 0.0988. The summed E-state index contributed by atoms with van der Waals surface area (Å²) in [5.41, 5.74) is 4.99. The Bertz CT molecular complexity index is 2040. The molecule has 9 heteroatoms. The summed E-state index contributed by atoms with van der Waals surface area (Å²) in [6, 6.07) is 22.4. The van der Waals surface area contributed by atoms with E-state index in [4.69, 9.17) is 9.97 Å². The largest absolute Gasteiger partial charge is 0.294 e. The number of fused-ring (bicyclic) bond motifs is 6. The van der Waals surface area contributed by atoms with E-state index in [9.17, 15) is 9.59 Å². The molecule has 0 radical (unpaired) electrons. The number of allylic oxidation sites excluding steroid dienone is 1. The van der Waals surface area contributed by atoms with Crippen molar-refractivity contribution in [2.45, 2.75) is 19.3 Å². The number of carbonyl (C=O) groups is 2. The number of ketones is 2. The molecular formula is C33H21N5O2S2. The highest BCUT2D eigenvalue weighted by molar-refractivity contribution is 7.30. The van der Waals surface area contributed by atoms with Crippen LogP contribution in [0, 0.1) is 0 Å². The minimum Gasteiger partial charge on any atom is -0.294 e. The van der Waals surface area contributed by atoms with Crippen LogP contribution in [0.4, 0.5) is 17.2 Å². The summed E-state index contributed by atoms with van der Waals surface area (Å²) in [6.45, 7) is 4.38. The Kier molecular flexibility index (Phi) is 5.38. The van der Waals surface area contributed by atoms with E-state index >= 15 is 0 Å². The van der Waals surface area contributed by atoms with Crippen molar-refractivity contribution in [1.82, 2.24) is 19.9 Å². The smallest absolute Gasteiger partial charge is 0.217 e. The van der Waals surface area contributed by atoms with Gasteiger partial charge in [-0.05, 0) is 50.3 Å². The van der Waals surface area contributed by atoms with Crippen molar-refractivity contribution in [1.29, 1.82) is 0 Å². The highest BCUT2D eigenvalue weighted by Crippen LogP contribution is 2.56. The molecule has 2 aliphatic rings. The van der Waals surface area contributed by atoms with Crippen molar-refractivity contribution in [2.24, 2.45) is 0 Å². The number of carbonyl (C=O) groups excluding carboxylic acids is 2. The van der Waals surface area contributed by atoms with Gasteiger partial charge in [-0.25, -0.2) is 19.9 Å². The topological polar surface area (TPSA) is 88.9 Å². The summed E-state index contributed by atoms with van der Waals surface area (Å²) >= 11 is 3.26. The first kappa shape index (κ1) is 24.9. The van der Waals surface area contributed by atoms with Gasteiger partial charge in [0.1, 0.15) is 17.1 Å². The summed E-state index contributed by atoms with van der Waals surface area (Å²) in [5.74, 6) is 0.00235. The molecule has 2 aliphatic carbocycles. The first-order valence-electron chi connectivity index (χ1n) is 13.4. The van der Waals surface area contributed by atoms with Crippen LogP contribution in [0.15, 0.2) is 90.9 Å². The molecule has 2 aromatic carbocycles. The third-order valence-electron chi connectivity index (χ3n) is 7.74. The standard InChI is InChI=1S/C33H21N5O2S2/c1-33(2)24-30-22(16-20(41-30)15-21-28(39)25-26(29(21)40)35-14-13-34-25)42-31(24)27-32(33)37-23(17-36-27)38(18-9-5-3-6-10-18)19-11-7-4-8-12-19/h3-17H,1-2H3. The molecule has 6 aromatic rings. The molecule has 7 nitrogen and oxygen atoms in total. The van der Waals surface area contributed by atoms with Gasteiger partial charge < -0.3 is 0 Å². The molecular weight excluding hydrogens is 563 g/mol. The number of benzene rings is 2. The summed E-state index contributed by atoms with van der Waals surface area (Å²) in [6.07, 6.45) is 6.40. The van der Waals surface area contributed by atoms with Gasteiger partial charge in [0.15, 0.2) is 5.82 Å². The molecule has 0 aliphatic heterocycles. The van der Waals surface area contributed by atoms with Crippen LogP contribution in [-0.2, 0) is 5.41 Å². The van der Waals surface area contributed by atoms with E-state index in [1.54, 1.807) is 28.7 Å². The maximum atomic E-state index is 12.9. The molecule has 0 fully saturated rings. The fourth-order valence-corrected chi connectivity index (χ4v) is 8.69. The number of thiophene rings is 2. The van der Waals surface area contributed by atoms with Crippen molar-refractivity contribution in [3.63, 3.8) is 0 Å². The Hall–Kier alpha value is -4.86. The summed E-state index contributed by atoms with van der Waals surface area (Å²) in [5, 5.41) is 0. The molecule has 0 bridgehead atoms. The number of aromatic nitrogens is 4. The molecule has 0 unspecified atom stereocenters. The number of rotatable bonds is 4. The highest BCUT2D eigenvalue weighted by atomic mass is 32.1. The van der Waals surface area contributed by atoms with Crippen LogP contribution in [0.3, 0.4) is 0 Å². The molecule has 0 N–H and O–H groups in total. The molecule has 0 saturated heterocycles. The van der Waals surface area contributed by atoms with Gasteiger partial charge in [-0.2, -0.15) is 0 Å². The van der Waals surface area contributed by atoms with Crippen molar-refractivity contribution in [2.75, 3.05) is 4.90 Å². The highest BCUT2D eigenvalue weighted by Gasteiger charge is 2.43. The Morgan fingerprint density at radius 3 is 2.02 bits per heavy atom. The van der Waals surface area contributed by atoms with Crippen LogP contribution in [0.2, 0.25) is 0 Å². The van der Waals surface area contributed by atoms with Crippen LogP contribution in [-0.4, -0.2) is 31.5 Å².